The number of carbonyl (C=O) groups is 2. The van der Waals surface area contributed by atoms with Crippen LogP contribution in [0.15, 0.2) is 46.9 Å². The Morgan fingerprint density at radius 3 is 2.43 bits per heavy atom. The molecule has 0 aliphatic rings. The zero-order valence-corrected chi connectivity index (χ0v) is 13.9. The first-order chi connectivity index (χ1) is 11.0. The van der Waals surface area contributed by atoms with Gasteiger partial charge in [-0.1, -0.05) is 22.0 Å². The van der Waals surface area contributed by atoms with E-state index in [1.807, 2.05) is 0 Å². The molecule has 0 radical (unpaired) electrons. The lowest BCUT2D eigenvalue weighted by Crippen LogP contribution is -2.15. The van der Waals surface area contributed by atoms with Crippen LogP contribution < -0.4 is 4.74 Å². The molecule has 0 aromatic heterocycles. The van der Waals surface area contributed by atoms with Gasteiger partial charge in [0.2, 0.25) is 0 Å². The van der Waals surface area contributed by atoms with Gasteiger partial charge in [-0.2, -0.15) is 0 Å². The van der Waals surface area contributed by atoms with Crippen molar-refractivity contribution in [2.45, 2.75) is 13.5 Å². The van der Waals surface area contributed by atoms with Gasteiger partial charge in [-0.25, -0.2) is 9.18 Å². The second-order valence-electron chi connectivity index (χ2n) is 4.77. The summed E-state index contributed by atoms with van der Waals surface area (Å²) in [4.78, 5) is 22.8. The maximum atomic E-state index is 13.0. The largest absolute Gasteiger partial charge is 0.482 e. The number of benzene rings is 2. The highest BCUT2D eigenvalue weighted by Gasteiger charge is 2.08. The van der Waals surface area contributed by atoms with Crippen molar-refractivity contribution in [3.63, 3.8) is 0 Å². The molecule has 0 spiro atoms. The molecule has 0 saturated carbocycles. The molecule has 2 aromatic rings. The van der Waals surface area contributed by atoms with Crippen LogP contribution in [0.1, 0.15) is 22.8 Å². The number of ketones is 1. The van der Waals surface area contributed by atoms with Crippen LogP contribution in [0, 0.1) is 5.82 Å². The van der Waals surface area contributed by atoms with E-state index in [1.54, 1.807) is 24.3 Å². The SMILES string of the molecule is CC(=O)c1ccc(OCC(=O)OCc2ccc(F)cc2Br)cc1. The fourth-order valence-corrected chi connectivity index (χ4v) is 2.23. The molecule has 4 nitrogen and oxygen atoms in total. The molecular formula is C17H14BrFO4. The van der Waals surface area contributed by atoms with Crippen LogP contribution in [-0.2, 0) is 16.1 Å². The Labute approximate surface area is 141 Å². The molecule has 2 aromatic carbocycles. The third-order valence-corrected chi connectivity index (χ3v) is 3.76. The Balaban J connectivity index is 1.82. The molecule has 6 heteroatoms. The summed E-state index contributed by atoms with van der Waals surface area (Å²) in [5.74, 6) is -0.489. The summed E-state index contributed by atoms with van der Waals surface area (Å²) in [6, 6.07) is 10.6. The van der Waals surface area contributed by atoms with Gasteiger partial charge < -0.3 is 9.47 Å². The summed E-state index contributed by atoms with van der Waals surface area (Å²) in [7, 11) is 0. The molecule has 0 N–H and O–H groups in total. The number of halogens is 2. The van der Waals surface area contributed by atoms with Gasteiger partial charge in [0, 0.05) is 15.6 Å². The lowest BCUT2D eigenvalue weighted by atomic mass is 10.1. The molecular weight excluding hydrogens is 367 g/mol. The van der Waals surface area contributed by atoms with Crippen molar-refractivity contribution in [3.05, 3.63) is 63.9 Å². The minimum Gasteiger partial charge on any atom is -0.482 e. The molecule has 23 heavy (non-hydrogen) atoms. The van der Waals surface area contributed by atoms with E-state index in [4.69, 9.17) is 9.47 Å². The maximum absolute atomic E-state index is 13.0. The van der Waals surface area contributed by atoms with Gasteiger partial charge in [0.1, 0.15) is 18.2 Å². The Morgan fingerprint density at radius 2 is 1.83 bits per heavy atom. The van der Waals surface area contributed by atoms with Gasteiger partial charge in [-0.3, -0.25) is 4.79 Å². The zero-order chi connectivity index (χ0) is 16.8. The molecule has 0 saturated heterocycles. The van der Waals surface area contributed by atoms with Gasteiger partial charge in [0.15, 0.2) is 12.4 Å². The zero-order valence-electron chi connectivity index (χ0n) is 12.3. The number of Topliss-reactive ketones (excluding diaryl/α,β-unsaturated/α-hetero) is 1. The first-order valence-electron chi connectivity index (χ1n) is 6.79. The molecule has 0 heterocycles. The number of esters is 1. The summed E-state index contributed by atoms with van der Waals surface area (Å²) >= 11 is 3.20. The van der Waals surface area contributed by atoms with E-state index in [0.717, 1.165) is 0 Å². The average Bonchev–Trinajstić information content (AvgIpc) is 2.52. The summed E-state index contributed by atoms with van der Waals surface area (Å²) < 4.78 is 23.8. The quantitative estimate of drug-likeness (QED) is 0.563. The number of carbonyl (C=O) groups excluding carboxylic acids is 2. The lowest BCUT2D eigenvalue weighted by molar-refractivity contribution is -0.147. The second-order valence-corrected chi connectivity index (χ2v) is 5.62. The second kappa shape index (κ2) is 7.87. The molecule has 0 fully saturated rings. The van der Waals surface area contributed by atoms with Crippen molar-refractivity contribution in [2.75, 3.05) is 6.61 Å². The summed E-state index contributed by atoms with van der Waals surface area (Å²) in [6.07, 6.45) is 0. The van der Waals surface area contributed by atoms with Crippen LogP contribution in [-0.4, -0.2) is 18.4 Å². The molecule has 120 valence electrons. The Kier molecular flexibility index (Phi) is 5.87. The molecule has 0 aliphatic carbocycles. The standard InChI is InChI=1S/C17H14BrFO4/c1-11(20)12-3-6-15(7-4-12)22-10-17(21)23-9-13-2-5-14(19)8-16(13)18/h2-8H,9-10H2,1H3. The van der Waals surface area contributed by atoms with E-state index < -0.39 is 5.97 Å². The molecule has 2 rings (SSSR count). The lowest BCUT2D eigenvalue weighted by Gasteiger charge is -2.08. The highest BCUT2D eigenvalue weighted by molar-refractivity contribution is 9.10. The predicted octanol–water partition coefficient (Wildman–Crippen LogP) is 3.91. The monoisotopic (exact) mass is 380 g/mol. The van der Waals surface area contributed by atoms with E-state index >= 15 is 0 Å². The number of ether oxygens (including phenoxy) is 2. The van der Waals surface area contributed by atoms with Gasteiger partial charge in [0.05, 0.1) is 0 Å². The number of hydrogen-bond donors (Lipinski definition) is 0. The predicted molar refractivity (Wildman–Crippen MR) is 85.8 cm³/mol. The van der Waals surface area contributed by atoms with Crippen molar-refractivity contribution in [2.24, 2.45) is 0 Å². The first-order valence-corrected chi connectivity index (χ1v) is 7.58. The van der Waals surface area contributed by atoms with Crippen molar-refractivity contribution >= 4 is 27.7 Å². The normalized spacial score (nSPS) is 10.2. The average molecular weight is 381 g/mol. The van der Waals surface area contributed by atoms with Crippen LogP contribution in [0.25, 0.3) is 0 Å². The summed E-state index contributed by atoms with van der Waals surface area (Å²) in [5, 5.41) is 0. The topological polar surface area (TPSA) is 52.6 Å². The van der Waals surface area contributed by atoms with Crippen LogP contribution >= 0.6 is 15.9 Å². The Morgan fingerprint density at radius 1 is 1.13 bits per heavy atom. The molecule has 0 bridgehead atoms. The van der Waals surface area contributed by atoms with Gasteiger partial charge in [-0.15, -0.1) is 0 Å². The highest BCUT2D eigenvalue weighted by atomic mass is 79.9. The fraction of sp³-hybridized carbons (Fsp3) is 0.176. The van der Waals surface area contributed by atoms with E-state index in [1.165, 1.54) is 25.1 Å². The number of hydrogen-bond acceptors (Lipinski definition) is 4. The van der Waals surface area contributed by atoms with Gasteiger partial charge in [0.25, 0.3) is 0 Å². The van der Waals surface area contributed by atoms with Crippen LogP contribution in [0.2, 0.25) is 0 Å². The minimum atomic E-state index is -0.545. The van der Waals surface area contributed by atoms with Gasteiger partial charge >= 0.3 is 5.97 Å². The maximum Gasteiger partial charge on any atom is 0.344 e. The van der Waals surface area contributed by atoms with Gasteiger partial charge in [-0.05, 0) is 43.3 Å². The molecule has 0 atom stereocenters. The van der Waals surface area contributed by atoms with Crippen LogP contribution in [0.4, 0.5) is 4.39 Å². The molecule has 0 amide bonds. The minimum absolute atomic E-state index is 0.0202. The summed E-state index contributed by atoms with van der Waals surface area (Å²) in [6.45, 7) is 1.24. The van der Waals surface area contributed by atoms with Crippen molar-refractivity contribution < 1.29 is 23.5 Å². The molecule has 0 aliphatic heterocycles. The van der Waals surface area contributed by atoms with Crippen molar-refractivity contribution in [3.8, 4) is 5.75 Å². The Hall–Kier alpha value is -2.21. The molecule has 0 unspecified atom stereocenters. The first kappa shape index (κ1) is 17.1. The third kappa shape index (κ3) is 5.17. The van der Waals surface area contributed by atoms with Crippen molar-refractivity contribution in [1.29, 1.82) is 0 Å². The highest BCUT2D eigenvalue weighted by Crippen LogP contribution is 2.19. The van der Waals surface area contributed by atoms with E-state index in [-0.39, 0.29) is 24.8 Å². The third-order valence-electron chi connectivity index (χ3n) is 3.02. The summed E-state index contributed by atoms with van der Waals surface area (Å²) in [5.41, 5.74) is 1.23. The van der Waals surface area contributed by atoms with E-state index in [0.29, 0.717) is 21.3 Å². The fourth-order valence-electron chi connectivity index (χ4n) is 1.77. The van der Waals surface area contributed by atoms with Crippen LogP contribution in [0.5, 0.6) is 5.75 Å². The number of rotatable bonds is 6. The van der Waals surface area contributed by atoms with Crippen molar-refractivity contribution in [1.82, 2.24) is 0 Å². The van der Waals surface area contributed by atoms with E-state index in [2.05, 4.69) is 15.9 Å². The van der Waals surface area contributed by atoms with Crippen LogP contribution in [0.3, 0.4) is 0 Å². The smallest absolute Gasteiger partial charge is 0.344 e. The van der Waals surface area contributed by atoms with E-state index in [9.17, 15) is 14.0 Å². The Bertz CT molecular complexity index is 713.